The number of hydrogen-bond donors (Lipinski definition) is 1. The third kappa shape index (κ3) is 4.27. The minimum absolute atomic E-state index is 0.137. The van der Waals surface area contributed by atoms with Gasteiger partial charge in [0, 0.05) is 25.6 Å². The SMILES string of the molecule is CCCN(CCN)C(=O)C(C)CC. The van der Waals surface area contributed by atoms with Crippen LogP contribution in [0.25, 0.3) is 0 Å². The molecule has 3 nitrogen and oxygen atoms in total. The molecule has 0 bridgehead atoms. The monoisotopic (exact) mass is 186 g/mol. The van der Waals surface area contributed by atoms with E-state index >= 15 is 0 Å². The molecule has 1 atom stereocenters. The average molecular weight is 186 g/mol. The molecule has 0 aromatic rings. The molecule has 0 saturated carbocycles. The maximum atomic E-state index is 11.7. The molecule has 1 unspecified atom stereocenters. The fourth-order valence-electron chi connectivity index (χ4n) is 1.24. The summed E-state index contributed by atoms with van der Waals surface area (Å²) in [5.74, 6) is 0.382. The Labute approximate surface area is 81.3 Å². The number of rotatable bonds is 6. The van der Waals surface area contributed by atoms with Gasteiger partial charge in [-0.15, -0.1) is 0 Å². The van der Waals surface area contributed by atoms with Gasteiger partial charge in [-0.3, -0.25) is 4.79 Å². The Morgan fingerprint density at radius 1 is 1.38 bits per heavy atom. The Bertz CT molecular complexity index is 142. The first-order chi connectivity index (χ1) is 6.17. The highest BCUT2D eigenvalue weighted by atomic mass is 16.2. The van der Waals surface area contributed by atoms with E-state index in [0.717, 1.165) is 19.4 Å². The lowest BCUT2D eigenvalue weighted by molar-refractivity contribution is -0.135. The number of amides is 1. The zero-order valence-corrected chi connectivity index (χ0v) is 9.05. The molecule has 0 aliphatic rings. The van der Waals surface area contributed by atoms with Crippen LogP contribution < -0.4 is 5.73 Å². The van der Waals surface area contributed by atoms with Gasteiger partial charge in [-0.2, -0.15) is 0 Å². The van der Waals surface area contributed by atoms with Crippen molar-refractivity contribution < 1.29 is 4.79 Å². The van der Waals surface area contributed by atoms with E-state index in [0.29, 0.717) is 13.1 Å². The Morgan fingerprint density at radius 2 is 2.00 bits per heavy atom. The van der Waals surface area contributed by atoms with E-state index in [9.17, 15) is 4.79 Å². The lowest BCUT2D eigenvalue weighted by Crippen LogP contribution is -2.39. The predicted octanol–water partition coefficient (Wildman–Crippen LogP) is 1.23. The van der Waals surface area contributed by atoms with Crippen molar-refractivity contribution in [2.24, 2.45) is 11.7 Å². The van der Waals surface area contributed by atoms with Crippen molar-refractivity contribution in [1.29, 1.82) is 0 Å². The van der Waals surface area contributed by atoms with Crippen molar-refractivity contribution in [2.45, 2.75) is 33.6 Å². The molecule has 0 aromatic carbocycles. The summed E-state index contributed by atoms with van der Waals surface area (Å²) >= 11 is 0. The Kier molecular flexibility index (Phi) is 6.59. The molecule has 0 rings (SSSR count). The van der Waals surface area contributed by atoms with E-state index in [1.54, 1.807) is 0 Å². The van der Waals surface area contributed by atoms with E-state index < -0.39 is 0 Å². The molecular weight excluding hydrogens is 164 g/mol. The molecule has 0 aliphatic heterocycles. The predicted molar refractivity (Wildman–Crippen MR) is 55.4 cm³/mol. The summed E-state index contributed by atoms with van der Waals surface area (Å²) in [5.41, 5.74) is 5.45. The lowest BCUT2D eigenvalue weighted by atomic mass is 10.1. The van der Waals surface area contributed by atoms with E-state index in [1.807, 2.05) is 18.7 Å². The van der Waals surface area contributed by atoms with Crippen LogP contribution in [-0.4, -0.2) is 30.4 Å². The van der Waals surface area contributed by atoms with E-state index in [2.05, 4.69) is 6.92 Å². The lowest BCUT2D eigenvalue weighted by Gasteiger charge is -2.24. The topological polar surface area (TPSA) is 46.3 Å². The van der Waals surface area contributed by atoms with Gasteiger partial charge in [0.2, 0.25) is 5.91 Å². The number of carbonyl (C=O) groups is 1. The molecule has 3 heteroatoms. The van der Waals surface area contributed by atoms with Crippen LogP contribution in [0, 0.1) is 5.92 Å². The summed E-state index contributed by atoms with van der Waals surface area (Å²) in [7, 11) is 0. The van der Waals surface area contributed by atoms with E-state index in [4.69, 9.17) is 5.73 Å². The maximum absolute atomic E-state index is 11.7. The number of nitrogens with two attached hydrogens (primary N) is 1. The molecule has 0 radical (unpaired) electrons. The van der Waals surface area contributed by atoms with Gasteiger partial charge < -0.3 is 10.6 Å². The summed E-state index contributed by atoms with van der Waals surface area (Å²) in [6, 6.07) is 0. The van der Waals surface area contributed by atoms with Crippen molar-refractivity contribution in [3.63, 3.8) is 0 Å². The molecule has 78 valence electrons. The molecular formula is C10H22N2O. The first-order valence-electron chi connectivity index (χ1n) is 5.16. The molecule has 2 N–H and O–H groups in total. The smallest absolute Gasteiger partial charge is 0.225 e. The summed E-state index contributed by atoms with van der Waals surface area (Å²) in [6.07, 6.45) is 1.91. The van der Waals surface area contributed by atoms with Crippen molar-refractivity contribution in [3.8, 4) is 0 Å². The third-order valence-corrected chi connectivity index (χ3v) is 2.24. The van der Waals surface area contributed by atoms with Gasteiger partial charge in [-0.1, -0.05) is 20.8 Å². The van der Waals surface area contributed by atoms with Crippen molar-refractivity contribution >= 4 is 5.91 Å². The largest absolute Gasteiger partial charge is 0.341 e. The van der Waals surface area contributed by atoms with Gasteiger partial charge in [0.1, 0.15) is 0 Å². The molecule has 0 aromatic heterocycles. The normalized spacial score (nSPS) is 12.6. The number of hydrogen-bond acceptors (Lipinski definition) is 2. The van der Waals surface area contributed by atoms with Crippen molar-refractivity contribution in [3.05, 3.63) is 0 Å². The second kappa shape index (κ2) is 6.89. The van der Waals surface area contributed by atoms with Gasteiger partial charge >= 0.3 is 0 Å². The molecule has 0 heterocycles. The van der Waals surface area contributed by atoms with Gasteiger partial charge in [0.15, 0.2) is 0 Å². The highest BCUT2D eigenvalue weighted by Gasteiger charge is 2.17. The van der Waals surface area contributed by atoms with Crippen LogP contribution in [0.3, 0.4) is 0 Å². The van der Waals surface area contributed by atoms with Crippen LogP contribution in [0.4, 0.5) is 0 Å². The van der Waals surface area contributed by atoms with Crippen LogP contribution in [0.5, 0.6) is 0 Å². The average Bonchev–Trinajstić information content (AvgIpc) is 2.15. The van der Waals surface area contributed by atoms with E-state index in [-0.39, 0.29) is 11.8 Å². The Morgan fingerprint density at radius 3 is 2.38 bits per heavy atom. The fraction of sp³-hybridized carbons (Fsp3) is 0.900. The summed E-state index contributed by atoms with van der Waals surface area (Å²) < 4.78 is 0. The van der Waals surface area contributed by atoms with Crippen molar-refractivity contribution in [2.75, 3.05) is 19.6 Å². The molecule has 0 saturated heterocycles. The summed E-state index contributed by atoms with van der Waals surface area (Å²) in [5, 5.41) is 0. The molecule has 1 amide bonds. The van der Waals surface area contributed by atoms with Gasteiger partial charge in [-0.05, 0) is 12.8 Å². The molecule has 13 heavy (non-hydrogen) atoms. The Hall–Kier alpha value is -0.570. The first kappa shape index (κ1) is 12.4. The highest BCUT2D eigenvalue weighted by Crippen LogP contribution is 2.06. The fourth-order valence-corrected chi connectivity index (χ4v) is 1.24. The highest BCUT2D eigenvalue weighted by molar-refractivity contribution is 5.78. The van der Waals surface area contributed by atoms with Gasteiger partial charge in [0.05, 0.1) is 0 Å². The third-order valence-electron chi connectivity index (χ3n) is 2.24. The standard InChI is InChI=1S/C10H22N2O/c1-4-7-12(8-6-11)10(13)9(3)5-2/h9H,4-8,11H2,1-3H3. The second-order valence-corrected chi connectivity index (χ2v) is 3.42. The van der Waals surface area contributed by atoms with Crippen LogP contribution in [0.2, 0.25) is 0 Å². The van der Waals surface area contributed by atoms with Crippen LogP contribution in [0.1, 0.15) is 33.6 Å². The van der Waals surface area contributed by atoms with E-state index in [1.165, 1.54) is 0 Å². The number of nitrogens with zero attached hydrogens (tertiary/aromatic N) is 1. The molecule has 0 spiro atoms. The molecule has 0 aliphatic carbocycles. The number of carbonyl (C=O) groups excluding carboxylic acids is 1. The van der Waals surface area contributed by atoms with Crippen LogP contribution in [0.15, 0.2) is 0 Å². The minimum Gasteiger partial charge on any atom is -0.341 e. The minimum atomic E-state index is 0.137. The maximum Gasteiger partial charge on any atom is 0.225 e. The van der Waals surface area contributed by atoms with Gasteiger partial charge in [0.25, 0.3) is 0 Å². The van der Waals surface area contributed by atoms with Crippen LogP contribution in [-0.2, 0) is 4.79 Å². The first-order valence-corrected chi connectivity index (χ1v) is 5.16. The molecule has 0 fully saturated rings. The second-order valence-electron chi connectivity index (χ2n) is 3.42. The van der Waals surface area contributed by atoms with Crippen LogP contribution >= 0.6 is 0 Å². The zero-order valence-electron chi connectivity index (χ0n) is 9.05. The summed E-state index contributed by atoms with van der Waals surface area (Å²) in [6.45, 7) is 8.17. The summed E-state index contributed by atoms with van der Waals surface area (Å²) in [4.78, 5) is 13.6. The zero-order chi connectivity index (χ0) is 10.3. The van der Waals surface area contributed by atoms with Gasteiger partial charge in [-0.25, -0.2) is 0 Å². The Balaban J connectivity index is 4.09. The quantitative estimate of drug-likeness (QED) is 0.678. The van der Waals surface area contributed by atoms with Crippen molar-refractivity contribution in [1.82, 2.24) is 4.90 Å².